The van der Waals surface area contributed by atoms with Crippen LogP contribution < -0.4 is 5.32 Å². The summed E-state index contributed by atoms with van der Waals surface area (Å²) in [6.45, 7) is 17.6. The van der Waals surface area contributed by atoms with Crippen LogP contribution in [0.4, 0.5) is 0 Å². The molecule has 1 N–H and O–H groups in total. The van der Waals surface area contributed by atoms with E-state index in [1.165, 1.54) is 0 Å². The van der Waals surface area contributed by atoms with Crippen molar-refractivity contribution in [2.45, 2.75) is 91.5 Å². The number of carbonyl (C=O) groups is 2. The molecule has 25 heavy (non-hydrogen) atoms. The van der Waals surface area contributed by atoms with Crippen LogP contribution in [0.3, 0.4) is 0 Å². The lowest BCUT2D eigenvalue weighted by Gasteiger charge is -2.29. The number of nitrogens with one attached hydrogen (secondary N) is 1. The highest BCUT2D eigenvalue weighted by Crippen LogP contribution is 2.61. The number of esters is 2. The number of hydrogen-bond donors (Lipinski definition) is 1. The highest BCUT2D eigenvalue weighted by molar-refractivity contribution is 5.82. The van der Waals surface area contributed by atoms with E-state index < -0.39 is 11.2 Å². The van der Waals surface area contributed by atoms with Crippen LogP contribution >= 0.6 is 0 Å². The fraction of sp³-hybridized carbons (Fsp3) is 0.900. The Labute approximate surface area is 152 Å². The molecule has 2 aliphatic carbocycles. The zero-order chi connectivity index (χ0) is 19.4. The largest absolute Gasteiger partial charge is 0.460 e. The molecule has 0 amide bonds. The smallest absolute Gasteiger partial charge is 0.310 e. The average Bonchev–Trinajstić information content (AvgIpc) is 2.94. The Bertz CT molecular complexity index is 535. The normalized spacial score (nSPS) is 32.1. The third-order valence-electron chi connectivity index (χ3n) is 4.58. The third-order valence-corrected chi connectivity index (χ3v) is 4.58. The Kier molecular flexibility index (Phi) is 5.06. The van der Waals surface area contributed by atoms with E-state index in [4.69, 9.17) is 9.47 Å². The summed E-state index contributed by atoms with van der Waals surface area (Å²) in [6, 6.07) is 0.139. The molecule has 2 aliphatic rings. The second-order valence-corrected chi connectivity index (χ2v) is 10.6. The van der Waals surface area contributed by atoms with E-state index in [-0.39, 0.29) is 47.2 Å². The van der Waals surface area contributed by atoms with E-state index in [2.05, 4.69) is 26.1 Å². The Morgan fingerprint density at radius 1 is 0.800 bits per heavy atom. The SMILES string of the molecule is CC(C)(C)NC1CC(C(=O)OC(C)(C)C)C2C(C(=O)OC(C)(C)C)C12. The summed E-state index contributed by atoms with van der Waals surface area (Å²) in [5, 5.41) is 3.59. The van der Waals surface area contributed by atoms with Gasteiger partial charge in [-0.1, -0.05) is 0 Å². The van der Waals surface area contributed by atoms with Crippen molar-refractivity contribution in [3.05, 3.63) is 0 Å². The topological polar surface area (TPSA) is 64.6 Å². The van der Waals surface area contributed by atoms with Gasteiger partial charge < -0.3 is 14.8 Å². The third kappa shape index (κ3) is 5.19. The van der Waals surface area contributed by atoms with Crippen molar-refractivity contribution in [2.24, 2.45) is 23.7 Å². The predicted octanol–water partition coefficient (Wildman–Crippen LogP) is 3.31. The molecule has 0 aliphatic heterocycles. The highest BCUT2D eigenvalue weighted by atomic mass is 16.6. The lowest BCUT2D eigenvalue weighted by molar-refractivity contribution is -0.162. The summed E-state index contributed by atoms with van der Waals surface area (Å²) < 4.78 is 11.2. The van der Waals surface area contributed by atoms with Gasteiger partial charge in [0, 0.05) is 11.6 Å². The molecule has 5 atom stereocenters. The van der Waals surface area contributed by atoms with Gasteiger partial charge in [0.05, 0.1) is 11.8 Å². The molecular formula is C20H35NO4. The molecule has 0 aromatic heterocycles. The maximum atomic E-state index is 12.7. The maximum absolute atomic E-state index is 12.7. The fourth-order valence-corrected chi connectivity index (χ4v) is 4.01. The van der Waals surface area contributed by atoms with Crippen molar-refractivity contribution in [1.29, 1.82) is 0 Å². The molecule has 2 saturated carbocycles. The number of carbonyl (C=O) groups excluding carboxylic acids is 2. The van der Waals surface area contributed by atoms with Gasteiger partial charge >= 0.3 is 11.9 Å². The zero-order valence-electron chi connectivity index (χ0n) is 17.2. The summed E-state index contributed by atoms with van der Waals surface area (Å²) >= 11 is 0. The van der Waals surface area contributed by atoms with Crippen molar-refractivity contribution in [1.82, 2.24) is 5.32 Å². The van der Waals surface area contributed by atoms with Gasteiger partial charge in [0.1, 0.15) is 11.2 Å². The number of rotatable bonds is 3. The number of ether oxygens (including phenoxy) is 2. The first kappa shape index (κ1) is 20.2. The van der Waals surface area contributed by atoms with E-state index in [0.29, 0.717) is 0 Å². The molecule has 0 aromatic carbocycles. The van der Waals surface area contributed by atoms with Gasteiger partial charge in [-0.05, 0) is 80.6 Å². The maximum Gasteiger partial charge on any atom is 0.310 e. The van der Waals surface area contributed by atoms with Gasteiger partial charge in [0.2, 0.25) is 0 Å². The van der Waals surface area contributed by atoms with Crippen LogP contribution in [0.25, 0.3) is 0 Å². The number of fused-ring (bicyclic) bond motifs is 1. The van der Waals surface area contributed by atoms with Crippen LogP contribution in [0.1, 0.15) is 68.7 Å². The second kappa shape index (κ2) is 6.26. The standard InChI is InChI=1S/C20H35NO4/c1-18(2,3)21-12-10-11(16(22)24-19(4,5)6)13-14(12)15(13)17(23)25-20(7,8)9/h11-15,21H,10H2,1-9H3. The van der Waals surface area contributed by atoms with Gasteiger partial charge in [-0.15, -0.1) is 0 Å². The Morgan fingerprint density at radius 3 is 1.72 bits per heavy atom. The Balaban J connectivity index is 2.15. The minimum atomic E-state index is -0.515. The molecule has 0 radical (unpaired) electrons. The van der Waals surface area contributed by atoms with E-state index in [9.17, 15) is 9.59 Å². The van der Waals surface area contributed by atoms with Crippen LogP contribution in [-0.2, 0) is 19.1 Å². The molecule has 0 spiro atoms. The van der Waals surface area contributed by atoms with Crippen LogP contribution in [-0.4, -0.2) is 34.7 Å². The fourth-order valence-electron chi connectivity index (χ4n) is 4.01. The minimum absolute atomic E-state index is 0.0320. The monoisotopic (exact) mass is 353 g/mol. The zero-order valence-corrected chi connectivity index (χ0v) is 17.2. The van der Waals surface area contributed by atoms with Crippen molar-refractivity contribution < 1.29 is 19.1 Å². The Morgan fingerprint density at radius 2 is 1.28 bits per heavy atom. The summed E-state index contributed by atoms with van der Waals surface area (Å²) in [4.78, 5) is 25.3. The lowest BCUT2D eigenvalue weighted by Crippen LogP contribution is -2.45. The summed E-state index contributed by atoms with van der Waals surface area (Å²) in [5.74, 6) is -0.619. The molecule has 0 aromatic rings. The van der Waals surface area contributed by atoms with Crippen LogP contribution in [0, 0.1) is 23.7 Å². The van der Waals surface area contributed by atoms with E-state index in [1.807, 2.05) is 41.5 Å². The quantitative estimate of drug-likeness (QED) is 0.789. The molecule has 5 nitrogen and oxygen atoms in total. The molecule has 2 rings (SSSR count). The average molecular weight is 354 g/mol. The first-order valence-electron chi connectivity index (χ1n) is 9.32. The van der Waals surface area contributed by atoms with Crippen molar-refractivity contribution in [3.8, 4) is 0 Å². The molecule has 144 valence electrons. The minimum Gasteiger partial charge on any atom is -0.460 e. The van der Waals surface area contributed by atoms with Crippen molar-refractivity contribution >= 4 is 11.9 Å². The van der Waals surface area contributed by atoms with Gasteiger partial charge in [-0.3, -0.25) is 9.59 Å². The van der Waals surface area contributed by atoms with Gasteiger partial charge in [-0.2, -0.15) is 0 Å². The molecule has 5 unspecified atom stereocenters. The van der Waals surface area contributed by atoms with Crippen molar-refractivity contribution in [3.63, 3.8) is 0 Å². The molecule has 0 saturated heterocycles. The summed E-state index contributed by atoms with van der Waals surface area (Å²) in [7, 11) is 0. The van der Waals surface area contributed by atoms with Crippen LogP contribution in [0.15, 0.2) is 0 Å². The molecule has 0 bridgehead atoms. The summed E-state index contributed by atoms with van der Waals surface area (Å²) in [5.41, 5.74) is -1.10. The number of hydrogen-bond acceptors (Lipinski definition) is 5. The molecule has 0 heterocycles. The first-order valence-corrected chi connectivity index (χ1v) is 9.32. The first-order chi connectivity index (χ1) is 11.1. The molecule has 5 heteroatoms. The van der Waals surface area contributed by atoms with Gasteiger partial charge in [0.15, 0.2) is 0 Å². The van der Waals surface area contributed by atoms with Gasteiger partial charge in [-0.25, -0.2) is 0 Å². The summed E-state index contributed by atoms with van der Waals surface area (Å²) in [6.07, 6.45) is 0.723. The van der Waals surface area contributed by atoms with E-state index >= 15 is 0 Å². The van der Waals surface area contributed by atoms with Crippen LogP contribution in [0.5, 0.6) is 0 Å². The lowest BCUT2D eigenvalue weighted by atomic mass is 9.95. The van der Waals surface area contributed by atoms with Crippen LogP contribution in [0.2, 0.25) is 0 Å². The molecular weight excluding hydrogens is 318 g/mol. The van der Waals surface area contributed by atoms with E-state index in [0.717, 1.165) is 6.42 Å². The van der Waals surface area contributed by atoms with Crippen molar-refractivity contribution in [2.75, 3.05) is 0 Å². The highest BCUT2D eigenvalue weighted by Gasteiger charge is 2.69. The predicted molar refractivity (Wildman–Crippen MR) is 96.9 cm³/mol. The van der Waals surface area contributed by atoms with E-state index in [1.54, 1.807) is 0 Å². The molecule has 2 fully saturated rings. The second-order valence-electron chi connectivity index (χ2n) is 10.6. The Hall–Kier alpha value is -1.10. The van der Waals surface area contributed by atoms with Gasteiger partial charge in [0.25, 0.3) is 0 Å².